The number of aromatic nitrogens is 1. The minimum Gasteiger partial charge on any atom is -0.493 e. The summed E-state index contributed by atoms with van der Waals surface area (Å²) in [6.07, 6.45) is 2.57. The van der Waals surface area contributed by atoms with Crippen LogP contribution in [0.1, 0.15) is 21.5 Å². The molecule has 2 heterocycles. The lowest BCUT2D eigenvalue weighted by Gasteiger charge is -2.13. The lowest BCUT2D eigenvalue weighted by molar-refractivity contribution is 0.102. The number of hydrogen-bond acceptors (Lipinski definition) is 5. The summed E-state index contributed by atoms with van der Waals surface area (Å²) in [5.74, 6) is 1.25. The van der Waals surface area contributed by atoms with Gasteiger partial charge in [0.2, 0.25) is 0 Å². The molecule has 0 aliphatic heterocycles. The molecule has 0 saturated carbocycles. The SMILES string of the molecule is COc1cc2nccc(Cc3ccc4c(NC(=O)c5ccsc5)cccc4c3)c2cc1OC. The third kappa shape index (κ3) is 4.13. The van der Waals surface area contributed by atoms with E-state index in [-0.39, 0.29) is 5.91 Å². The van der Waals surface area contributed by atoms with Gasteiger partial charge < -0.3 is 14.8 Å². The smallest absolute Gasteiger partial charge is 0.256 e. The van der Waals surface area contributed by atoms with Crippen molar-refractivity contribution in [2.75, 3.05) is 19.5 Å². The second kappa shape index (κ2) is 8.92. The van der Waals surface area contributed by atoms with Gasteiger partial charge in [-0.3, -0.25) is 9.78 Å². The van der Waals surface area contributed by atoms with Crippen molar-refractivity contribution in [1.82, 2.24) is 4.98 Å². The molecular formula is C27H22N2O3S. The average molecular weight is 455 g/mol. The van der Waals surface area contributed by atoms with Gasteiger partial charge in [0.15, 0.2) is 11.5 Å². The number of pyridine rings is 1. The molecule has 0 saturated heterocycles. The molecule has 1 N–H and O–H groups in total. The zero-order chi connectivity index (χ0) is 22.8. The minimum absolute atomic E-state index is 0.0968. The van der Waals surface area contributed by atoms with Crippen LogP contribution in [0.25, 0.3) is 21.7 Å². The Morgan fingerprint density at radius 1 is 0.970 bits per heavy atom. The Bertz CT molecular complexity index is 1460. The number of methoxy groups -OCH3 is 2. The average Bonchev–Trinajstić information content (AvgIpc) is 3.39. The first-order valence-corrected chi connectivity index (χ1v) is 11.5. The molecular weight excluding hydrogens is 432 g/mol. The van der Waals surface area contributed by atoms with Crippen molar-refractivity contribution >= 4 is 44.6 Å². The number of fused-ring (bicyclic) bond motifs is 2. The summed E-state index contributed by atoms with van der Waals surface area (Å²) >= 11 is 1.51. The van der Waals surface area contributed by atoms with Gasteiger partial charge in [-0.25, -0.2) is 0 Å². The Morgan fingerprint density at radius 3 is 2.61 bits per heavy atom. The van der Waals surface area contributed by atoms with Crippen LogP contribution < -0.4 is 14.8 Å². The number of anilines is 1. The van der Waals surface area contributed by atoms with E-state index in [9.17, 15) is 4.79 Å². The van der Waals surface area contributed by atoms with Crippen molar-refractivity contribution in [3.8, 4) is 11.5 Å². The molecule has 6 heteroatoms. The Labute approximate surface area is 195 Å². The predicted molar refractivity (Wildman–Crippen MR) is 134 cm³/mol. The number of carbonyl (C=O) groups is 1. The highest BCUT2D eigenvalue weighted by Crippen LogP contribution is 2.34. The van der Waals surface area contributed by atoms with E-state index in [2.05, 4.69) is 34.6 Å². The quantitative estimate of drug-likeness (QED) is 0.327. The molecule has 5 aromatic rings. The summed E-state index contributed by atoms with van der Waals surface area (Å²) < 4.78 is 10.9. The molecule has 5 rings (SSSR count). The topological polar surface area (TPSA) is 60.5 Å². The maximum atomic E-state index is 12.5. The fourth-order valence-electron chi connectivity index (χ4n) is 4.04. The first-order chi connectivity index (χ1) is 16.2. The molecule has 0 unspecified atom stereocenters. The lowest BCUT2D eigenvalue weighted by atomic mass is 9.98. The van der Waals surface area contributed by atoms with Crippen LogP contribution in [0.2, 0.25) is 0 Å². The van der Waals surface area contributed by atoms with Gasteiger partial charge in [0.1, 0.15) is 0 Å². The highest BCUT2D eigenvalue weighted by Gasteiger charge is 2.12. The van der Waals surface area contributed by atoms with Gasteiger partial charge in [0, 0.05) is 34.1 Å². The minimum atomic E-state index is -0.0968. The van der Waals surface area contributed by atoms with Gasteiger partial charge in [-0.05, 0) is 52.6 Å². The van der Waals surface area contributed by atoms with Crippen molar-refractivity contribution in [3.05, 3.63) is 94.3 Å². The highest BCUT2D eigenvalue weighted by atomic mass is 32.1. The lowest BCUT2D eigenvalue weighted by Crippen LogP contribution is -2.11. The van der Waals surface area contributed by atoms with Gasteiger partial charge in [-0.1, -0.05) is 30.3 Å². The number of amides is 1. The number of rotatable bonds is 6. The zero-order valence-electron chi connectivity index (χ0n) is 18.3. The van der Waals surface area contributed by atoms with Crippen LogP contribution >= 0.6 is 11.3 Å². The molecule has 0 aliphatic carbocycles. The first kappa shape index (κ1) is 21.0. The Balaban J connectivity index is 1.48. The highest BCUT2D eigenvalue weighted by molar-refractivity contribution is 7.08. The third-order valence-corrected chi connectivity index (χ3v) is 6.39. The fourth-order valence-corrected chi connectivity index (χ4v) is 4.68. The van der Waals surface area contributed by atoms with Crippen LogP contribution in [0.5, 0.6) is 11.5 Å². The summed E-state index contributed by atoms with van der Waals surface area (Å²) in [5.41, 5.74) is 4.67. The van der Waals surface area contributed by atoms with Crippen LogP contribution in [0, 0.1) is 0 Å². The van der Waals surface area contributed by atoms with Gasteiger partial charge in [0.25, 0.3) is 5.91 Å². The molecule has 5 nitrogen and oxygen atoms in total. The number of ether oxygens (including phenoxy) is 2. The number of nitrogens with zero attached hydrogens (tertiary/aromatic N) is 1. The predicted octanol–water partition coefficient (Wildman–Crippen LogP) is 6.31. The largest absolute Gasteiger partial charge is 0.493 e. The van der Waals surface area contributed by atoms with Crippen molar-refractivity contribution in [3.63, 3.8) is 0 Å². The molecule has 2 aromatic heterocycles. The van der Waals surface area contributed by atoms with Crippen molar-refractivity contribution in [2.24, 2.45) is 0 Å². The second-order valence-electron chi connectivity index (χ2n) is 7.70. The molecule has 3 aromatic carbocycles. The number of nitrogens with one attached hydrogen (secondary N) is 1. The number of thiophene rings is 1. The molecule has 0 fully saturated rings. The van der Waals surface area contributed by atoms with Gasteiger partial charge in [0.05, 0.1) is 25.3 Å². The van der Waals surface area contributed by atoms with Crippen LogP contribution in [-0.2, 0) is 6.42 Å². The van der Waals surface area contributed by atoms with E-state index < -0.39 is 0 Å². The third-order valence-electron chi connectivity index (χ3n) is 5.71. The molecule has 0 aliphatic rings. The maximum Gasteiger partial charge on any atom is 0.256 e. The molecule has 33 heavy (non-hydrogen) atoms. The number of carbonyl (C=O) groups excluding carboxylic acids is 1. The number of benzene rings is 3. The van der Waals surface area contributed by atoms with E-state index in [0.717, 1.165) is 39.3 Å². The normalized spacial score (nSPS) is 11.0. The Morgan fingerprint density at radius 2 is 1.82 bits per heavy atom. The summed E-state index contributed by atoms with van der Waals surface area (Å²) in [5, 5.41) is 9.91. The van der Waals surface area contributed by atoms with E-state index in [1.165, 1.54) is 16.9 Å². The summed E-state index contributed by atoms with van der Waals surface area (Å²) in [6, 6.07) is 20.1. The van der Waals surface area contributed by atoms with E-state index in [0.29, 0.717) is 17.1 Å². The van der Waals surface area contributed by atoms with Gasteiger partial charge in [-0.15, -0.1) is 0 Å². The van der Waals surface area contributed by atoms with Crippen LogP contribution in [0.3, 0.4) is 0 Å². The molecule has 164 valence electrons. The maximum absolute atomic E-state index is 12.5. The van der Waals surface area contributed by atoms with E-state index in [1.54, 1.807) is 14.2 Å². The monoisotopic (exact) mass is 454 g/mol. The molecule has 0 bridgehead atoms. The van der Waals surface area contributed by atoms with Crippen molar-refractivity contribution < 1.29 is 14.3 Å². The van der Waals surface area contributed by atoms with Crippen LogP contribution in [0.4, 0.5) is 5.69 Å². The van der Waals surface area contributed by atoms with E-state index in [1.807, 2.05) is 53.4 Å². The summed E-state index contributed by atoms with van der Waals surface area (Å²) in [6.45, 7) is 0. The first-order valence-electron chi connectivity index (χ1n) is 10.5. The van der Waals surface area contributed by atoms with Crippen LogP contribution in [0.15, 0.2) is 77.6 Å². The zero-order valence-corrected chi connectivity index (χ0v) is 19.1. The summed E-state index contributed by atoms with van der Waals surface area (Å²) in [7, 11) is 3.26. The van der Waals surface area contributed by atoms with Gasteiger partial charge in [-0.2, -0.15) is 11.3 Å². The Hall–Kier alpha value is -3.90. The van der Waals surface area contributed by atoms with Crippen LogP contribution in [-0.4, -0.2) is 25.1 Å². The molecule has 0 atom stereocenters. The number of hydrogen-bond donors (Lipinski definition) is 1. The van der Waals surface area contributed by atoms with Gasteiger partial charge >= 0.3 is 0 Å². The standard InChI is InChI=1S/C27H22N2O3S/c1-31-25-14-22-19(8-10-28-24(22)15-26(25)32-2)13-17-6-7-21-18(12-17)4-3-5-23(21)29-27(30)20-9-11-33-16-20/h3-12,14-16H,13H2,1-2H3,(H,29,30). The Kier molecular flexibility index (Phi) is 5.67. The molecule has 1 amide bonds. The second-order valence-corrected chi connectivity index (χ2v) is 8.48. The van der Waals surface area contributed by atoms with E-state index >= 15 is 0 Å². The van der Waals surface area contributed by atoms with Crippen molar-refractivity contribution in [2.45, 2.75) is 6.42 Å². The summed E-state index contributed by atoms with van der Waals surface area (Å²) in [4.78, 5) is 17.0. The fraction of sp³-hybridized carbons (Fsp3) is 0.111. The van der Waals surface area contributed by atoms with Crippen molar-refractivity contribution in [1.29, 1.82) is 0 Å². The molecule has 0 spiro atoms. The molecule has 0 radical (unpaired) electrons. The van der Waals surface area contributed by atoms with E-state index in [4.69, 9.17) is 9.47 Å².